The van der Waals surface area contributed by atoms with Crippen LogP contribution in [0.1, 0.15) is 30.9 Å². The van der Waals surface area contributed by atoms with Crippen LogP contribution in [0.15, 0.2) is 64.2 Å². The number of amides is 1. The first-order valence-electron chi connectivity index (χ1n) is 10.4. The zero-order chi connectivity index (χ0) is 22.5. The van der Waals surface area contributed by atoms with Crippen LogP contribution < -0.4 is 9.47 Å². The quantitative estimate of drug-likeness (QED) is 0.460. The molecule has 2 heterocycles. The number of amidine groups is 2. The van der Waals surface area contributed by atoms with Crippen molar-refractivity contribution in [2.45, 2.75) is 26.7 Å². The number of nitrogens with zero attached hydrogens (tertiary/aromatic N) is 3. The van der Waals surface area contributed by atoms with Gasteiger partial charge in [-0.3, -0.25) is 10.2 Å². The summed E-state index contributed by atoms with van der Waals surface area (Å²) in [6.07, 6.45) is 3.39. The van der Waals surface area contributed by atoms with Crippen molar-refractivity contribution in [3.8, 4) is 11.5 Å². The van der Waals surface area contributed by atoms with Crippen LogP contribution in [-0.2, 0) is 4.79 Å². The summed E-state index contributed by atoms with van der Waals surface area (Å²) >= 11 is 1.35. The molecule has 2 aliphatic heterocycles. The van der Waals surface area contributed by atoms with E-state index in [4.69, 9.17) is 14.9 Å². The summed E-state index contributed by atoms with van der Waals surface area (Å²) in [4.78, 5) is 16.6. The molecule has 164 valence electrons. The molecule has 0 spiro atoms. The molecule has 0 aliphatic carbocycles. The largest absolute Gasteiger partial charge is 0.490 e. The van der Waals surface area contributed by atoms with Gasteiger partial charge < -0.3 is 9.47 Å². The molecule has 0 aromatic heterocycles. The Balaban J connectivity index is 1.40. The van der Waals surface area contributed by atoms with E-state index < -0.39 is 5.91 Å². The van der Waals surface area contributed by atoms with Gasteiger partial charge in [0.2, 0.25) is 5.17 Å². The molecule has 4 rings (SSSR count). The third-order valence-electron chi connectivity index (χ3n) is 4.77. The van der Waals surface area contributed by atoms with Gasteiger partial charge in [-0.15, -0.1) is 0 Å². The molecule has 1 amide bonds. The van der Waals surface area contributed by atoms with E-state index in [0.29, 0.717) is 24.1 Å². The van der Waals surface area contributed by atoms with E-state index in [2.05, 4.69) is 17.0 Å². The SMILES string of the molecule is CCCC1=NN2C(=N)/C(=C/c3cccc(OCCOc4ccc(C)cc4)c3)C(=O)N=C2S1. The molecule has 0 saturated heterocycles. The number of aliphatic imine (C=N–C) groups is 1. The summed E-state index contributed by atoms with van der Waals surface area (Å²) in [6.45, 7) is 4.90. The van der Waals surface area contributed by atoms with Crippen molar-refractivity contribution >= 4 is 39.8 Å². The highest BCUT2D eigenvalue weighted by molar-refractivity contribution is 8.26. The van der Waals surface area contributed by atoms with Gasteiger partial charge in [-0.1, -0.05) is 36.8 Å². The Kier molecular flexibility index (Phi) is 6.70. The van der Waals surface area contributed by atoms with Crippen LogP contribution in [0.25, 0.3) is 6.08 Å². The number of hydrogen-bond donors (Lipinski definition) is 1. The molecular formula is C24H24N4O3S. The Bertz CT molecular complexity index is 1120. The molecular weight excluding hydrogens is 424 g/mol. The van der Waals surface area contributed by atoms with Gasteiger partial charge in [0.05, 0.1) is 5.57 Å². The number of hydrazone groups is 1. The van der Waals surface area contributed by atoms with E-state index in [-0.39, 0.29) is 11.4 Å². The van der Waals surface area contributed by atoms with Crippen molar-refractivity contribution < 1.29 is 14.3 Å². The number of ether oxygens (including phenoxy) is 2. The maximum absolute atomic E-state index is 12.5. The lowest BCUT2D eigenvalue weighted by Gasteiger charge is -2.20. The lowest BCUT2D eigenvalue weighted by Crippen LogP contribution is -2.35. The summed E-state index contributed by atoms with van der Waals surface area (Å²) in [5.74, 6) is 1.07. The number of benzene rings is 2. The summed E-state index contributed by atoms with van der Waals surface area (Å²) in [5.41, 5.74) is 2.14. The van der Waals surface area contributed by atoms with Gasteiger partial charge in [0, 0.05) is 0 Å². The van der Waals surface area contributed by atoms with E-state index in [1.54, 1.807) is 6.08 Å². The average molecular weight is 449 g/mol. The second-order valence-corrected chi connectivity index (χ2v) is 8.39. The molecule has 0 saturated carbocycles. The monoisotopic (exact) mass is 448 g/mol. The van der Waals surface area contributed by atoms with Crippen LogP contribution in [0.4, 0.5) is 0 Å². The second-order valence-electron chi connectivity index (χ2n) is 7.35. The van der Waals surface area contributed by atoms with Crippen LogP contribution in [0.5, 0.6) is 11.5 Å². The van der Waals surface area contributed by atoms with Gasteiger partial charge in [0.25, 0.3) is 5.91 Å². The highest BCUT2D eigenvalue weighted by Gasteiger charge is 2.35. The summed E-state index contributed by atoms with van der Waals surface area (Å²) in [5, 5.41) is 15.6. The minimum atomic E-state index is -0.431. The zero-order valence-electron chi connectivity index (χ0n) is 18.0. The van der Waals surface area contributed by atoms with Gasteiger partial charge in [-0.25, -0.2) is 0 Å². The number of aryl methyl sites for hydroxylation is 1. The van der Waals surface area contributed by atoms with Crippen molar-refractivity contribution in [1.82, 2.24) is 5.01 Å². The van der Waals surface area contributed by atoms with Gasteiger partial charge >= 0.3 is 0 Å². The third-order valence-corrected chi connectivity index (χ3v) is 5.74. The molecule has 7 nitrogen and oxygen atoms in total. The van der Waals surface area contributed by atoms with E-state index in [1.807, 2.05) is 55.5 Å². The van der Waals surface area contributed by atoms with Crippen molar-refractivity contribution in [1.29, 1.82) is 5.41 Å². The smallest absolute Gasteiger partial charge is 0.283 e. The van der Waals surface area contributed by atoms with Gasteiger partial charge in [0.1, 0.15) is 29.8 Å². The first kappa shape index (κ1) is 21.8. The van der Waals surface area contributed by atoms with E-state index in [9.17, 15) is 4.79 Å². The molecule has 0 unspecified atom stereocenters. The van der Waals surface area contributed by atoms with Crippen molar-refractivity contribution in [3.05, 3.63) is 65.2 Å². The van der Waals surface area contributed by atoms with Gasteiger partial charge in [-0.05, 0) is 67.4 Å². The van der Waals surface area contributed by atoms with Crippen LogP contribution in [0, 0.1) is 12.3 Å². The number of hydrogen-bond acceptors (Lipinski definition) is 6. The number of carbonyl (C=O) groups excluding carboxylic acids is 1. The topological polar surface area (TPSA) is 87.3 Å². The van der Waals surface area contributed by atoms with E-state index in [1.165, 1.54) is 22.3 Å². The van der Waals surface area contributed by atoms with E-state index >= 15 is 0 Å². The fourth-order valence-electron chi connectivity index (χ4n) is 3.16. The molecule has 8 heteroatoms. The molecule has 0 atom stereocenters. The minimum absolute atomic E-state index is 0.0384. The molecule has 0 fully saturated rings. The molecule has 32 heavy (non-hydrogen) atoms. The third kappa shape index (κ3) is 5.08. The summed E-state index contributed by atoms with van der Waals surface area (Å²) in [7, 11) is 0. The number of fused-ring (bicyclic) bond motifs is 1. The fourth-order valence-corrected chi connectivity index (χ4v) is 4.15. The summed E-state index contributed by atoms with van der Waals surface area (Å²) in [6, 6.07) is 15.2. The van der Waals surface area contributed by atoms with Crippen molar-refractivity contribution in [2.75, 3.05) is 13.2 Å². The lowest BCUT2D eigenvalue weighted by atomic mass is 10.1. The Morgan fingerprint density at radius 3 is 2.59 bits per heavy atom. The van der Waals surface area contributed by atoms with Crippen LogP contribution in [-0.4, -0.2) is 40.2 Å². The zero-order valence-corrected chi connectivity index (χ0v) is 18.8. The average Bonchev–Trinajstić information content (AvgIpc) is 3.18. The maximum atomic E-state index is 12.5. The summed E-state index contributed by atoms with van der Waals surface area (Å²) < 4.78 is 11.5. The van der Waals surface area contributed by atoms with Crippen LogP contribution in [0.2, 0.25) is 0 Å². The molecule has 0 radical (unpaired) electrons. The molecule has 2 aromatic carbocycles. The molecule has 1 N–H and O–H groups in total. The van der Waals surface area contributed by atoms with Crippen LogP contribution >= 0.6 is 11.8 Å². The van der Waals surface area contributed by atoms with Crippen LogP contribution in [0.3, 0.4) is 0 Å². The van der Waals surface area contributed by atoms with Gasteiger partial charge in [0.15, 0.2) is 5.84 Å². The number of rotatable bonds is 8. The van der Waals surface area contributed by atoms with Crippen molar-refractivity contribution in [2.24, 2.45) is 10.1 Å². The molecule has 0 bridgehead atoms. The lowest BCUT2D eigenvalue weighted by molar-refractivity contribution is -0.114. The van der Waals surface area contributed by atoms with Crippen molar-refractivity contribution in [3.63, 3.8) is 0 Å². The first-order chi connectivity index (χ1) is 15.5. The predicted octanol–water partition coefficient (Wildman–Crippen LogP) is 4.87. The second kappa shape index (κ2) is 9.82. The normalized spacial score (nSPS) is 16.7. The van der Waals surface area contributed by atoms with E-state index in [0.717, 1.165) is 29.2 Å². The Morgan fingerprint density at radius 2 is 1.84 bits per heavy atom. The highest BCUT2D eigenvalue weighted by atomic mass is 32.2. The number of carbonyl (C=O) groups is 1. The highest BCUT2D eigenvalue weighted by Crippen LogP contribution is 2.30. The molecule has 2 aliphatic rings. The number of nitrogens with one attached hydrogen (secondary N) is 1. The Morgan fingerprint density at radius 1 is 1.09 bits per heavy atom. The number of thioether (sulfide) groups is 1. The first-order valence-corrected chi connectivity index (χ1v) is 11.3. The minimum Gasteiger partial charge on any atom is -0.490 e. The Hall–Kier alpha value is -3.39. The predicted molar refractivity (Wildman–Crippen MR) is 129 cm³/mol. The standard InChI is InChI=1S/C24H24N4O3S/c1-3-5-21-27-28-22(25)20(23(29)26-24(28)32-21)15-17-6-4-7-19(14-17)31-13-12-30-18-10-8-16(2)9-11-18/h4,6-11,14-15,25H,3,5,12-13H2,1-2H3/b20-15-,25-22?. The van der Waals surface area contributed by atoms with Gasteiger partial charge in [-0.2, -0.15) is 15.1 Å². The maximum Gasteiger partial charge on any atom is 0.283 e. The fraction of sp³-hybridized carbons (Fsp3) is 0.250. The molecule has 2 aromatic rings. The Labute approximate surface area is 191 Å².